The van der Waals surface area contributed by atoms with Gasteiger partial charge in [0.25, 0.3) is 0 Å². The summed E-state index contributed by atoms with van der Waals surface area (Å²) in [4.78, 5) is 18.6. The van der Waals surface area contributed by atoms with Crippen molar-refractivity contribution in [2.24, 2.45) is 0 Å². The molecule has 0 saturated heterocycles. The second-order valence-electron chi connectivity index (χ2n) is 8.23. The van der Waals surface area contributed by atoms with Gasteiger partial charge < -0.3 is 23.4 Å². The Kier molecular flexibility index (Phi) is 6.21. The average Bonchev–Trinajstić information content (AvgIpc) is 3.34. The fourth-order valence-electron chi connectivity index (χ4n) is 4.17. The van der Waals surface area contributed by atoms with Crippen LogP contribution in [0.1, 0.15) is 28.7 Å². The molecule has 1 unspecified atom stereocenters. The molecule has 1 aliphatic heterocycles. The highest BCUT2D eigenvalue weighted by molar-refractivity contribution is 6.29. The highest BCUT2D eigenvalue weighted by Gasteiger charge is 2.26. The second-order valence-corrected chi connectivity index (χ2v) is 8.23. The number of hydrogen-bond donors (Lipinski definition) is 0. The maximum Gasteiger partial charge on any atom is 0.231 e. The maximum atomic E-state index is 14.0. The van der Waals surface area contributed by atoms with E-state index in [9.17, 15) is 4.79 Å². The smallest absolute Gasteiger partial charge is 0.231 e. The Morgan fingerprint density at radius 2 is 1.64 bits per heavy atom. The van der Waals surface area contributed by atoms with Crippen molar-refractivity contribution in [3.8, 4) is 23.0 Å². The number of hydrogen-bond acceptors (Lipinski definition) is 7. The summed E-state index contributed by atoms with van der Waals surface area (Å²) in [6.45, 7) is 1.94. The van der Waals surface area contributed by atoms with Crippen LogP contribution in [0, 0.1) is 0 Å². The molecule has 182 valence electrons. The zero-order valence-corrected chi connectivity index (χ0v) is 20.4. The fraction of sp³-hybridized carbons (Fsp3) is 0.172. The summed E-state index contributed by atoms with van der Waals surface area (Å²) < 4.78 is 28.5. The zero-order valence-electron chi connectivity index (χ0n) is 20.4. The molecule has 7 heteroatoms. The molecule has 2 heterocycles. The Balaban J connectivity index is 1.68. The van der Waals surface area contributed by atoms with Crippen LogP contribution < -0.4 is 18.9 Å². The van der Waals surface area contributed by atoms with Crippen molar-refractivity contribution in [3.05, 3.63) is 89.3 Å². The maximum absolute atomic E-state index is 14.0. The van der Waals surface area contributed by atoms with Gasteiger partial charge in [-0.05, 0) is 55.0 Å². The van der Waals surface area contributed by atoms with Crippen LogP contribution in [0.25, 0.3) is 22.7 Å². The van der Waals surface area contributed by atoms with E-state index in [-0.39, 0.29) is 23.4 Å². The van der Waals surface area contributed by atoms with Crippen LogP contribution in [0.4, 0.5) is 0 Å². The molecule has 0 spiro atoms. The van der Waals surface area contributed by atoms with Gasteiger partial charge in [0.05, 0.1) is 26.9 Å². The van der Waals surface area contributed by atoms with Crippen molar-refractivity contribution < 1.29 is 28.2 Å². The van der Waals surface area contributed by atoms with Gasteiger partial charge in [0.1, 0.15) is 17.4 Å². The van der Waals surface area contributed by atoms with E-state index in [1.165, 1.54) is 21.3 Å². The predicted octanol–water partition coefficient (Wildman–Crippen LogP) is 5.98. The molecule has 4 aromatic rings. The number of Topliss-reactive ketones (excluding diaryl/α,β-unsaturated/α-hetero) is 1. The molecule has 3 aromatic carbocycles. The van der Waals surface area contributed by atoms with Gasteiger partial charge in [-0.15, -0.1) is 0 Å². The highest BCUT2D eigenvalue weighted by atomic mass is 16.5. The summed E-state index contributed by atoms with van der Waals surface area (Å²) in [5.74, 6) is 1.84. The van der Waals surface area contributed by atoms with Crippen LogP contribution >= 0.6 is 0 Å². The van der Waals surface area contributed by atoms with E-state index >= 15 is 0 Å². The van der Waals surface area contributed by atoms with Crippen LogP contribution in [-0.2, 0) is 0 Å². The van der Waals surface area contributed by atoms with Crippen molar-refractivity contribution in [2.45, 2.75) is 13.0 Å². The number of oxazole rings is 1. The minimum Gasteiger partial charge on any atom is -0.493 e. The molecular weight excluding hydrogens is 458 g/mol. The number of ether oxygens (including phenoxy) is 4. The summed E-state index contributed by atoms with van der Waals surface area (Å²) in [5.41, 5.74) is 3.60. The molecule has 0 saturated carbocycles. The number of para-hydroxylation sites is 3. The Hall–Kier alpha value is -4.52. The molecule has 0 N–H and O–H groups in total. The molecule has 5 rings (SSSR count). The summed E-state index contributed by atoms with van der Waals surface area (Å²) in [5, 5.41) is 0. The normalized spacial score (nSPS) is 15.1. The van der Waals surface area contributed by atoms with Crippen LogP contribution in [0.15, 0.2) is 76.7 Å². The van der Waals surface area contributed by atoms with Crippen molar-refractivity contribution >= 4 is 28.5 Å². The molecule has 0 aliphatic carbocycles. The minimum atomic E-state index is -0.312. The standard InChI is InChI=1S/C29H25NO6/c1-17-19(13-18-9-5-7-11-23(18)35-17)14-21(29-30-22-10-6-8-12-24(22)36-29)27(31)20-15-25(32-2)28(34-4)26(16-20)33-3/h5-17H,1-4H3. The van der Waals surface area contributed by atoms with Crippen molar-refractivity contribution in [1.29, 1.82) is 0 Å². The largest absolute Gasteiger partial charge is 0.493 e. The molecule has 1 atom stereocenters. The van der Waals surface area contributed by atoms with Crippen molar-refractivity contribution in [2.75, 3.05) is 21.3 Å². The first-order chi connectivity index (χ1) is 17.5. The lowest BCUT2D eigenvalue weighted by Crippen LogP contribution is -2.18. The number of ketones is 1. The third kappa shape index (κ3) is 4.20. The third-order valence-electron chi connectivity index (χ3n) is 6.02. The molecule has 1 aromatic heterocycles. The van der Waals surface area contributed by atoms with E-state index in [4.69, 9.17) is 23.4 Å². The molecule has 7 nitrogen and oxygen atoms in total. The van der Waals surface area contributed by atoms with Gasteiger partial charge in [-0.2, -0.15) is 0 Å². The van der Waals surface area contributed by atoms with Crippen LogP contribution in [0.5, 0.6) is 23.0 Å². The molecule has 0 amide bonds. The van der Waals surface area contributed by atoms with Gasteiger partial charge in [0, 0.05) is 11.1 Å². The molecular formula is C29H25NO6. The number of allylic oxidation sites excluding steroid dienone is 1. The number of carbonyl (C=O) groups is 1. The number of carbonyl (C=O) groups excluding carboxylic acids is 1. The van der Waals surface area contributed by atoms with Crippen LogP contribution in [-0.4, -0.2) is 38.2 Å². The fourth-order valence-corrected chi connectivity index (χ4v) is 4.17. The summed E-state index contributed by atoms with van der Waals surface area (Å²) in [7, 11) is 4.53. The number of benzene rings is 3. The molecule has 36 heavy (non-hydrogen) atoms. The van der Waals surface area contributed by atoms with Crippen molar-refractivity contribution in [1.82, 2.24) is 4.98 Å². The number of nitrogens with zero attached hydrogens (tertiary/aromatic N) is 1. The van der Waals surface area contributed by atoms with Gasteiger partial charge >= 0.3 is 0 Å². The first-order valence-corrected chi connectivity index (χ1v) is 11.4. The minimum absolute atomic E-state index is 0.210. The number of methoxy groups -OCH3 is 3. The third-order valence-corrected chi connectivity index (χ3v) is 6.02. The average molecular weight is 484 g/mol. The Morgan fingerprint density at radius 3 is 2.33 bits per heavy atom. The van der Waals surface area contributed by atoms with E-state index in [1.807, 2.05) is 61.5 Å². The van der Waals surface area contributed by atoms with E-state index < -0.39 is 0 Å². The SMILES string of the molecule is COc1cc(C(=O)C(=CC2=Cc3ccccc3OC2C)c2nc3ccccc3o2)cc(OC)c1OC. The van der Waals surface area contributed by atoms with E-state index in [0.717, 1.165) is 16.9 Å². The van der Waals surface area contributed by atoms with E-state index in [0.29, 0.717) is 33.9 Å². The molecule has 0 bridgehead atoms. The van der Waals surface area contributed by atoms with Crippen LogP contribution in [0.3, 0.4) is 0 Å². The van der Waals surface area contributed by atoms with Gasteiger partial charge in [0.15, 0.2) is 22.9 Å². The molecule has 1 aliphatic rings. The summed E-state index contributed by atoms with van der Waals surface area (Å²) in [6, 6.07) is 18.4. The highest BCUT2D eigenvalue weighted by Crippen LogP contribution is 2.40. The Morgan fingerprint density at radius 1 is 0.944 bits per heavy atom. The lowest BCUT2D eigenvalue weighted by atomic mass is 9.96. The summed E-state index contributed by atoms with van der Waals surface area (Å²) in [6.07, 6.45) is 3.50. The topological polar surface area (TPSA) is 80.0 Å². The first-order valence-electron chi connectivity index (χ1n) is 11.4. The van der Waals surface area contributed by atoms with E-state index in [1.54, 1.807) is 18.2 Å². The van der Waals surface area contributed by atoms with Gasteiger partial charge in [0.2, 0.25) is 11.6 Å². The Bertz CT molecular complexity index is 1460. The quantitative estimate of drug-likeness (QED) is 0.236. The van der Waals surface area contributed by atoms with Gasteiger partial charge in [-0.25, -0.2) is 4.98 Å². The summed E-state index contributed by atoms with van der Waals surface area (Å²) >= 11 is 0. The molecule has 0 radical (unpaired) electrons. The van der Waals surface area contributed by atoms with Gasteiger partial charge in [-0.3, -0.25) is 4.79 Å². The lowest BCUT2D eigenvalue weighted by Gasteiger charge is -2.23. The first kappa shape index (κ1) is 23.2. The number of rotatable bonds is 7. The molecule has 0 fully saturated rings. The number of fused-ring (bicyclic) bond motifs is 2. The Labute approximate surface area is 208 Å². The van der Waals surface area contributed by atoms with E-state index in [2.05, 4.69) is 4.98 Å². The zero-order chi connectivity index (χ0) is 25.2. The van der Waals surface area contributed by atoms with Crippen molar-refractivity contribution in [3.63, 3.8) is 0 Å². The monoisotopic (exact) mass is 483 g/mol. The lowest BCUT2D eigenvalue weighted by molar-refractivity contribution is 0.105. The van der Waals surface area contributed by atoms with Gasteiger partial charge in [-0.1, -0.05) is 30.3 Å². The predicted molar refractivity (Wildman–Crippen MR) is 137 cm³/mol. The second kappa shape index (κ2) is 9.62. The number of aromatic nitrogens is 1. The van der Waals surface area contributed by atoms with Crippen LogP contribution in [0.2, 0.25) is 0 Å².